The number of pyridine rings is 1. The monoisotopic (exact) mass is 385 g/mol. The number of nitrogens with one attached hydrogen (secondary N) is 1. The molecule has 1 aromatic heterocycles. The minimum atomic E-state index is 0.0729. The zero-order chi connectivity index (χ0) is 19.2. The summed E-state index contributed by atoms with van der Waals surface area (Å²) in [7, 11) is 1.59. The summed E-state index contributed by atoms with van der Waals surface area (Å²) in [4.78, 5) is 18.0. The summed E-state index contributed by atoms with van der Waals surface area (Å²) in [6, 6.07) is 10.4. The summed E-state index contributed by atoms with van der Waals surface area (Å²) >= 11 is 1.80. The van der Waals surface area contributed by atoms with Crippen LogP contribution in [0.15, 0.2) is 41.4 Å². The van der Waals surface area contributed by atoms with E-state index in [2.05, 4.69) is 46.7 Å². The molecule has 0 atom stereocenters. The lowest BCUT2D eigenvalue weighted by Crippen LogP contribution is -2.38. The van der Waals surface area contributed by atoms with Crippen LogP contribution in [0.25, 0.3) is 0 Å². The highest BCUT2D eigenvalue weighted by Crippen LogP contribution is 2.29. The first kappa shape index (κ1) is 19.7. The van der Waals surface area contributed by atoms with Gasteiger partial charge < -0.3 is 10.1 Å². The first-order valence-corrected chi connectivity index (χ1v) is 10.1. The molecule has 0 aliphatic carbocycles. The Hall–Kier alpha value is -2.05. The molecule has 1 aliphatic heterocycles. The van der Waals surface area contributed by atoms with Gasteiger partial charge in [0.1, 0.15) is 0 Å². The highest BCUT2D eigenvalue weighted by molar-refractivity contribution is 7.97. The summed E-state index contributed by atoms with van der Waals surface area (Å²) in [5.74, 6) is 0.762. The van der Waals surface area contributed by atoms with E-state index in [9.17, 15) is 4.79 Å². The van der Waals surface area contributed by atoms with E-state index in [-0.39, 0.29) is 11.8 Å². The van der Waals surface area contributed by atoms with E-state index < -0.39 is 0 Å². The predicted octanol–water partition coefficient (Wildman–Crippen LogP) is 3.74. The topological polar surface area (TPSA) is 54.5 Å². The number of nitrogens with zero attached hydrogens (tertiary/aromatic N) is 2. The molecule has 144 valence electrons. The zero-order valence-corrected chi connectivity index (χ0v) is 17.0. The van der Waals surface area contributed by atoms with Crippen LogP contribution in [0.3, 0.4) is 0 Å². The maximum atomic E-state index is 12.5. The van der Waals surface area contributed by atoms with Crippen molar-refractivity contribution in [3.63, 3.8) is 0 Å². The molecular formula is C21H27N3O2S. The Bertz CT molecular complexity index is 768. The van der Waals surface area contributed by atoms with Crippen LogP contribution in [0.5, 0.6) is 5.88 Å². The smallest absolute Gasteiger partial charge is 0.223 e. The van der Waals surface area contributed by atoms with Gasteiger partial charge in [0.25, 0.3) is 0 Å². The molecule has 1 aliphatic rings. The lowest BCUT2D eigenvalue weighted by atomic mass is 9.97. The first-order valence-electron chi connectivity index (χ1n) is 9.32. The molecule has 27 heavy (non-hydrogen) atoms. The second-order valence-electron chi connectivity index (χ2n) is 7.01. The minimum absolute atomic E-state index is 0.0729. The molecule has 5 nitrogen and oxygen atoms in total. The van der Waals surface area contributed by atoms with Gasteiger partial charge in [-0.15, -0.1) is 0 Å². The van der Waals surface area contributed by atoms with Gasteiger partial charge in [-0.3, -0.25) is 4.79 Å². The molecule has 1 N–H and O–H groups in total. The van der Waals surface area contributed by atoms with Gasteiger partial charge in [-0.1, -0.05) is 12.1 Å². The number of rotatable bonds is 6. The fourth-order valence-corrected chi connectivity index (χ4v) is 4.58. The quantitative estimate of drug-likeness (QED) is 0.768. The highest BCUT2D eigenvalue weighted by atomic mass is 32.2. The standard InChI is InChI=1S/C21H27N3O2S/c1-15-11-16(2)13-19(12-15)27-24-9-6-17(7-10-24)20(25)23-14-18-5-4-8-22-21(18)26-3/h4-5,8,11-13,17H,6-7,9-10,14H2,1-3H3,(H,23,25). The summed E-state index contributed by atoms with van der Waals surface area (Å²) in [6.07, 6.45) is 3.45. The average Bonchev–Trinajstić information content (AvgIpc) is 2.66. The molecule has 0 radical (unpaired) electrons. The molecule has 0 unspecified atom stereocenters. The van der Waals surface area contributed by atoms with E-state index in [1.54, 1.807) is 25.3 Å². The number of hydrogen-bond donors (Lipinski definition) is 1. The molecule has 3 rings (SSSR count). The van der Waals surface area contributed by atoms with Gasteiger partial charge in [0.2, 0.25) is 11.8 Å². The molecule has 0 saturated carbocycles. The van der Waals surface area contributed by atoms with Crippen LogP contribution in [-0.2, 0) is 11.3 Å². The predicted molar refractivity (Wildman–Crippen MR) is 109 cm³/mol. The number of aryl methyl sites for hydroxylation is 2. The molecule has 0 spiro atoms. The number of methoxy groups -OCH3 is 1. The van der Waals surface area contributed by atoms with Crippen LogP contribution in [0.2, 0.25) is 0 Å². The van der Waals surface area contributed by atoms with Crippen molar-refractivity contribution in [2.45, 2.75) is 38.1 Å². The van der Waals surface area contributed by atoms with E-state index >= 15 is 0 Å². The van der Waals surface area contributed by atoms with Crippen molar-refractivity contribution in [3.05, 3.63) is 53.2 Å². The third-order valence-electron chi connectivity index (χ3n) is 4.75. The van der Waals surface area contributed by atoms with Crippen molar-refractivity contribution in [1.29, 1.82) is 0 Å². The number of carbonyl (C=O) groups excluding carboxylic acids is 1. The second kappa shape index (κ2) is 9.24. The fraction of sp³-hybridized carbons (Fsp3) is 0.429. The number of benzene rings is 1. The third-order valence-corrected chi connectivity index (χ3v) is 5.82. The van der Waals surface area contributed by atoms with Crippen molar-refractivity contribution in [1.82, 2.24) is 14.6 Å². The van der Waals surface area contributed by atoms with Gasteiger partial charge in [0.05, 0.1) is 7.11 Å². The van der Waals surface area contributed by atoms with Crippen molar-refractivity contribution < 1.29 is 9.53 Å². The molecule has 1 amide bonds. The number of carbonyl (C=O) groups is 1. The van der Waals surface area contributed by atoms with E-state index in [0.717, 1.165) is 31.5 Å². The summed E-state index contributed by atoms with van der Waals surface area (Å²) in [5.41, 5.74) is 3.48. The Morgan fingerprint density at radius 1 is 1.26 bits per heavy atom. The fourth-order valence-electron chi connectivity index (χ4n) is 3.41. The molecular weight excluding hydrogens is 358 g/mol. The Morgan fingerprint density at radius 2 is 1.96 bits per heavy atom. The summed E-state index contributed by atoms with van der Waals surface area (Å²) < 4.78 is 7.60. The Kier molecular flexibility index (Phi) is 6.74. The number of aromatic nitrogens is 1. The van der Waals surface area contributed by atoms with E-state index in [0.29, 0.717) is 12.4 Å². The number of hydrogen-bond acceptors (Lipinski definition) is 5. The Labute approximate surface area is 165 Å². The maximum absolute atomic E-state index is 12.5. The third kappa shape index (κ3) is 5.47. The Morgan fingerprint density at radius 3 is 2.63 bits per heavy atom. The lowest BCUT2D eigenvalue weighted by molar-refractivity contribution is -0.126. The molecule has 1 fully saturated rings. The maximum Gasteiger partial charge on any atom is 0.223 e. The van der Waals surface area contributed by atoms with Gasteiger partial charge in [0.15, 0.2) is 0 Å². The molecule has 1 saturated heterocycles. The second-order valence-corrected chi connectivity index (χ2v) is 8.18. The lowest BCUT2D eigenvalue weighted by Gasteiger charge is -2.30. The molecule has 1 aromatic carbocycles. The van der Waals surface area contributed by atoms with E-state index in [4.69, 9.17) is 4.74 Å². The van der Waals surface area contributed by atoms with Crippen LogP contribution >= 0.6 is 11.9 Å². The average molecular weight is 386 g/mol. The SMILES string of the molecule is COc1ncccc1CNC(=O)C1CCN(Sc2cc(C)cc(C)c2)CC1. The van der Waals surface area contributed by atoms with Crippen molar-refractivity contribution in [2.75, 3.05) is 20.2 Å². The number of ether oxygens (including phenoxy) is 1. The van der Waals surface area contributed by atoms with E-state index in [1.807, 2.05) is 12.1 Å². The van der Waals surface area contributed by atoms with Gasteiger partial charge >= 0.3 is 0 Å². The van der Waals surface area contributed by atoms with Gasteiger partial charge in [-0.05, 0) is 68.0 Å². The van der Waals surface area contributed by atoms with Crippen LogP contribution in [0, 0.1) is 19.8 Å². The Balaban J connectivity index is 1.47. The van der Waals surface area contributed by atoms with Gasteiger partial charge in [0, 0.05) is 42.2 Å². The first-order chi connectivity index (χ1) is 13.0. The largest absolute Gasteiger partial charge is 0.481 e. The van der Waals surface area contributed by atoms with Crippen molar-refractivity contribution >= 4 is 17.9 Å². The number of amides is 1. The van der Waals surface area contributed by atoms with Crippen molar-refractivity contribution in [3.8, 4) is 5.88 Å². The minimum Gasteiger partial charge on any atom is -0.481 e. The zero-order valence-electron chi connectivity index (χ0n) is 16.2. The van der Waals surface area contributed by atoms with E-state index in [1.165, 1.54) is 16.0 Å². The molecule has 2 aromatic rings. The molecule has 6 heteroatoms. The van der Waals surface area contributed by atoms with Crippen molar-refractivity contribution in [2.24, 2.45) is 5.92 Å². The van der Waals surface area contributed by atoms with Crippen LogP contribution in [0.1, 0.15) is 29.5 Å². The number of piperidine rings is 1. The molecule has 2 heterocycles. The van der Waals surface area contributed by atoms with Gasteiger partial charge in [-0.25, -0.2) is 9.29 Å². The summed E-state index contributed by atoms with van der Waals surface area (Å²) in [5, 5.41) is 3.04. The molecule has 0 bridgehead atoms. The van der Waals surface area contributed by atoms with Crippen LogP contribution in [0.4, 0.5) is 0 Å². The normalized spacial score (nSPS) is 15.5. The highest BCUT2D eigenvalue weighted by Gasteiger charge is 2.25. The van der Waals surface area contributed by atoms with Crippen LogP contribution < -0.4 is 10.1 Å². The van der Waals surface area contributed by atoms with Crippen LogP contribution in [-0.4, -0.2) is 35.4 Å². The van der Waals surface area contributed by atoms with Gasteiger partial charge in [-0.2, -0.15) is 0 Å². The summed E-state index contributed by atoms with van der Waals surface area (Å²) in [6.45, 7) is 6.56.